The fraction of sp³-hybridized carbons (Fsp3) is 0.333. The first kappa shape index (κ1) is 10.3. The second-order valence-corrected chi connectivity index (χ2v) is 3.51. The Bertz CT molecular complexity index is 460. The van der Waals surface area contributed by atoms with Crippen molar-refractivity contribution in [1.29, 1.82) is 0 Å². The molecule has 1 amide bonds. The summed E-state index contributed by atoms with van der Waals surface area (Å²) in [5.41, 5.74) is 1.25. The number of pyridine rings is 1. The number of amides is 1. The molecule has 1 aliphatic rings. The van der Waals surface area contributed by atoms with Gasteiger partial charge >= 0.3 is 6.09 Å². The average molecular weight is 223 g/mol. The van der Waals surface area contributed by atoms with Crippen molar-refractivity contribution >= 4 is 11.8 Å². The fourth-order valence-electron chi connectivity index (χ4n) is 1.68. The molecule has 0 aliphatic carbocycles. The number of hydrogen-bond acceptors (Lipinski definition) is 4. The van der Waals surface area contributed by atoms with Crippen LogP contribution in [0, 0.1) is 10.1 Å². The number of hydrogen-bond donors (Lipinski definition) is 1. The fourth-order valence-corrected chi connectivity index (χ4v) is 1.68. The predicted octanol–water partition coefficient (Wildman–Crippen LogP) is 1.03. The number of fused-ring (bicyclic) bond motifs is 1. The summed E-state index contributed by atoms with van der Waals surface area (Å²) < 4.78 is 0. The van der Waals surface area contributed by atoms with Crippen molar-refractivity contribution in [1.82, 2.24) is 9.88 Å². The lowest BCUT2D eigenvalue weighted by atomic mass is 10.1. The largest absolute Gasteiger partial charge is 0.465 e. The molecule has 2 rings (SSSR count). The van der Waals surface area contributed by atoms with Crippen molar-refractivity contribution in [3.05, 3.63) is 33.6 Å². The molecule has 0 unspecified atom stereocenters. The smallest absolute Gasteiger partial charge is 0.407 e. The van der Waals surface area contributed by atoms with Crippen molar-refractivity contribution in [2.45, 2.75) is 13.0 Å². The Balaban J connectivity index is 2.32. The van der Waals surface area contributed by atoms with E-state index in [1.54, 1.807) is 0 Å². The maximum Gasteiger partial charge on any atom is 0.407 e. The summed E-state index contributed by atoms with van der Waals surface area (Å²) in [5, 5.41) is 19.4. The minimum atomic E-state index is -1.02. The molecule has 1 aliphatic heterocycles. The Morgan fingerprint density at radius 1 is 1.62 bits per heavy atom. The van der Waals surface area contributed by atoms with Crippen LogP contribution in [0.4, 0.5) is 10.5 Å². The van der Waals surface area contributed by atoms with E-state index in [2.05, 4.69) is 4.98 Å². The third-order valence-electron chi connectivity index (χ3n) is 2.51. The molecule has 0 atom stereocenters. The van der Waals surface area contributed by atoms with E-state index < -0.39 is 11.0 Å². The molecule has 1 aromatic rings. The molecule has 0 bridgehead atoms. The summed E-state index contributed by atoms with van der Waals surface area (Å²) in [6, 6.07) is 1.39. The monoisotopic (exact) mass is 223 g/mol. The van der Waals surface area contributed by atoms with E-state index in [1.807, 2.05) is 0 Å². The van der Waals surface area contributed by atoms with Crippen LogP contribution < -0.4 is 0 Å². The third-order valence-corrected chi connectivity index (χ3v) is 2.51. The molecule has 0 aromatic carbocycles. The zero-order valence-electron chi connectivity index (χ0n) is 8.29. The minimum Gasteiger partial charge on any atom is -0.465 e. The van der Waals surface area contributed by atoms with Gasteiger partial charge in [-0.1, -0.05) is 0 Å². The lowest BCUT2D eigenvalue weighted by molar-refractivity contribution is -0.385. The molecule has 1 aromatic heterocycles. The van der Waals surface area contributed by atoms with Crippen LogP contribution in [0.15, 0.2) is 12.3 Å². The standard InChI is InChI=1S/C9H9N3O4/c13-9(14)11-2-1-8-6(5-11)3-7(4-10-8)12(15)16/h3-4H,1-2,5H2,(H,13,14). The van der Waals surface area contributed by atoms with E-state index in [0.717, 1.165) is 5.69 Å². The predicted molar refractivity (Wildman–Crippen MR) is 53.0 cm³/mol. The zero-order valence-corrected chi connectivity index (χ0v) is 8.29. The second kappa shape index (κ2) is 3.76. The van der Waals surface area contributed by atoms with Gasteiger partial charge in [0.25, 0.3) is 5.69 Å². The highest BCUT2D eigenvalue weighted by Crippen LogP contribution is 2.21. The minimum absolute atomic E-state index is 0.106. The molecular weight excluding hydrogens is 214 g/mol. The van der Waals surface area contributed by atoms with Crippen molar-refractivity contribution in [2.75, 3.05) is 6.54 Å². The molecule has 7 nitrogen and oxygen atoms in total. The maximum absolute atomic E-state index is 10.8. The first-order valence-electron chi connectivity index (χ1n) is 4.68. The summed E-state index contributed by atoms with van der Waals surface area (Å²) in [7, 11) is 0. The molecule has 16 heavy (non-hydrogen) atoms. The Labute approximate surface area is 90.5 Å². The SMILES string of the molecule is O=C(O)N1CCc2ncc([N+](=O)[O-])cc2C1. The molecule has 0 radical (unpaired) electrons. The van der Waals surface area contributed by atoms with E-state index in [1.165, 1.54) is 17.2 Å². The molecule has 0 fully saturated rings. The van der Waals surface area contributed by atoms with Crippen molar-refractivity contribution in [3.63, 3.8) is 0 Å². The van der Waals surface area contributed by atoms with Gasteiger partial charge in [0.05, 0.1) is 11.5 Å². The average Bonchev–Trinajstić information content (AvgIpc) is 2.27. The molecule has 1 N–H and O–H groups in total. The van der Waals surface area contributed by atoms with Crippen LogP contribution in [0.3, 0.4) is 0 Å². The van der Waals surface area contributed by atoms with E-state index in [9.17, 15) is 14.9 Å². The highest BCUT2D eigenvalue weighted by Gasteiger charge is 2.22. The summed E-state index contributed by atoms with van der Waals surface area (Å²) in [5.74, 6) is 0. The summed E-state index contributed by atoms with van der Waals surface area (Å²) in [6.45, 7) is 0.548. The van der Waals surface area contributed by atoms with Gasteiger partial charge in [0.15, 0.2) is 0 Å². The van der Waals surface area contributed by atoms with Crippen LogP contribution in [-0.2, 0) is 13.0 Å². The Morgan fingerprint density at radius 3 is 3.00 bits per heavy atom. The Kier molecular flexibility index (Phi) is 2.43. The Hall–Kier alpha value is -2.18. The van der Waals surface area contributed by atoms with Gasteiger partial charge in [0, 0.05) is 30.3 Å². The van der Waals surface area contributed by atoms with Crippen LogP contribution in [0.25, 0.3) is 0 Å². The number of rotatable bonds is 1. The second-order valence-electron chi connectivity index (χ2n) is 3.51. The van der Waals surface area contributed by atoms with Crippen LogP contribution in [0.1, 0.15) is 11.3 Å². The van der Waals surface area contributed by atoms with Gasteiger partial charge in [-0.25, -0.2) is 4.79 Å². The van der Waals surface area contributed by atoms with Gasteiger partial charge in [0.2, 0.25) is 0 Å². The lowest BCUT2D eigenvalue weighted by Gasteiger charge is -2.25. The lowest BCUT2D eigenvalue weighted by Crippen LogP contribution is -2.35. The van der Waals surface area contributed by atoms with Crippen LogP contribution in [0.5, 0.6) is 0 Å². The molecule has 7 heteroatoms. The third kappa shape index (κ3) is 1.79. The quantitative estimate of drug-likeness (QED) is 0.566. The van der Waals surface area contributed by atoms with Crippen molar-refractivity contribution in [3.8, 4) is 0 Å². The van der Waals surface area contributed by atoms with Gasteiger partial charge in [0.1, 0.15) is 6.20 Å². The molecule has 2 heterocycles. The van der Waals surface area contributed by atoms with E-state index in [4.69, 9.17) is 5.11 Å². The molecule has 0 saturated heterocycles. The summed E-state index contributed by atoms with van der Waals surface area (Å²) in [6.07, 6.45) is 0.687. The molecule has 84 valence electrons. The Morgan fingerprint density at radius 2 is 2.38 bits per heavy atom. The topological polar surface area (TPSA) is 96.6 Å². The number of nitro groups is 1. The van der Waals surface area contributed by atoms with Gasteiger partial charge in [-0.15, -0.1) is 0 Å². The van der Waals surface area contributed by atoms with Crippen LogP contribution in [-0.4, -0.2) is 32.6 Å². The highest BCUT2D eigenvalue weighted by molar-refractivity contribution is 5.65. The van der Waals surface area contributed by atoms with Gasteiger partial charge in [-0.05, 0) is 0 Å². The van der Waals surface area contributed by atoms with E-state index in [-0.39, 0.29) is 12.2 Å². The normalized spacial score (nSPS) is 14.4. The number of nitrogens with zero attached hydrogens (tertiary/aromatic N) is 3. The van der Waals surface area contributed by atoms with Gasteiger partial charge in [-0.3, -0.25) is 15.1 Å². The molecule has 0 saturated carbocycles. The first-order chi connectivity index (χ1) is 7.58. The number of carbonyl (C=O) groups is 1. The molecular formula is C9H9N3O4. The van der Waals surface area contributed by atoms with Crippen molar-refractivity contribution < 1.29 is 14.8 Å². The maximum atomic E-state index is 10.8. The zero-order chi connectivity index (χ0) is 11.7. The number of aromatic nitrogens is 1. The molecule has 0 spiro atoms. The highest BCUT2D eigenvalue weighted by atomic mass is 16.6. The summed E-state index contributed by atoms with van der Waals surface area (Å²) in [4.78, 5) is 25.9. The van der Waals surface area contributed by atoms with Crippen LogP contribution in [0.2, 0.25) is 0 Å². The van der Waals surface area contributed by atoms with Crippen LogP contribution >= 0.6 is 0 Å². The summed E-state index contributed by atoms with van der Waals surface area (Å²) >= 11 is 0. The first-order valence-corrected chi connectivity index (χ1v) is 4.68. The number of carboxylic acid groups (broad SMARTS) is 1. The van der Waals surface area contributed by atoms with Crippen molar-refractivity contribution in [2.24, 2.45) is 0 Å². The van der Waals surface area contributed by atoms with Gasteiger partial charge in [-0.2, -0.15) is 0 Å². The van der Waals surface area contributed by atoms with Gasteiger partial charge < -0.3 is 10.0 Å². The van der Waals surface area contributed by atoms with E-state index in [0.29, 0.717) is 18.5 Å². The van der Waals surface area contributed by atoms with E-state index >= 15 is 0 Å².